The van der Waals surface area contributed by atoms with Crippen LogP contribution in [0.5, 0.6) is 17.2 Å². The Labute approximate surface area is 159 Å². The Balaban J connectivity index is 2.17. The number of rotatable bonds is 6. The molecule has 0 amide bonds. The van der Waals surface area contributed by atoms with Crippen molar-refractivity contribution in [2.45, 2.75) is 25.8 Å². The minimum Gasteiger partial charge on any atom is -0.507 e. The fraction of sp³-hybridized carbons (Fsp3) is 0.316. The number of nitrogens with zero attached hydrogens (tertiary/aromatic N) is 1. The Kier molecular flexibility index (Phi) is 5.25. The van der Waals surface area contributed by atoms with Gasteiger partial charge in [0.1, 0.15) is 12.3 Å². The van der Waals surface area contributed by atoms with E-state index in [4.69, 9.17) is 19.3 Å². The number of aromatic nitrogens is 1. The summed E-state index contributed by atoms with van der Waals surface area (Å²) in [6.07, 6.45) is -0.227. The molecular weight excluding hydrogens is 370 g/mol. The van der Waals surface area contributed by atoms with E-state index in [-0.39, 0.29) is 30.2 Å². The highest BCUT2D eigenvalue weighted by Crippen LogP contribution is 2.39. The molecule has 0 aliphatic carbocycles. The fourth-order valence-electron chi connectivity index (χ4n) is 3.19. The van der Waals surface area contributed by atoms with Crippen LogP contribution in [0.25, 0.3) is 0 Å². The molecule has 1 aromatic heterocycles. The lowest BCUT2D eigenvalue weighted by molar-refractivity contribution is -0.141. The van der Waals surface area contributed by atoms with Gasteiger partial charge in [-0.15, -0.1) is 0 Å². The van der Waals surface area contributed by atoms with E-state index >= 15 is 0 Å². The summed E-state index contributed by atoms with van der Waals surface area (Å²) >= 11 is 0. The van der Waals surface area contributed by atoms with Crippen LogP contribution in [0.15, 0.2) is 29.1 Å². The number of ether oxygens (including phenoxy) is 3. The van der Waals surface area contributed by atoms with Crippen molar-refractivity contribution in [3.05, 3.63) is 51.4 Å². The van der Waals surface area contributed by atoms with Crippen LogP contribution in [0, 0.1) is 6.92 Å². The third-order valence-electron chi connectivity index (χ3n) is 4.56. The van der Waals surface area contributed by atoms with Gasteiger partial charge in [-0.25, -0.2) is 0 Å². The third-order valence-corrected chi connectivity index (χ3v) is 4.56. The molecule has 2 heterocycles. The van der Waals surface area contributed by atoms with Gasteiger partial charge in [0.05, 0.1) is 19.1 Å². The summed E-state index contributed by atoms with van der Waals surface area (Å²) in [6, 6.07) is 6.22. The molecule has 0 fully saturated rings. The lowest BCUT2D eigenvalue weighted by atomic mass is 9.88. The van der Waals surface area contributed by atoms with Crippen LogP contribution in [0.4, 0.5) is 0 Å². The number of aryl methyl sites for hydroxylation is 1. The molecule has 28 heavy (non-hydrogen) atoms. The highest BCUT2D eigenvalue weighted by atomic mass is 16.7. The van der Waals surface area contributed by atoms with Crippen molar-refractivity contribution in [2.75, 3.05) is 13.9 Å². The minimum absolute atomic E-state index is 0.0572. The van der Waals surface area contributed by atoms with Crippen molar-refractivity contribution in [1.82, 2.24) is 4.57 Å². The number of esters is 1. The minimum atomic E-state index is -1.20. The summed E-state index contributed by atoms with van der Waals surface area (Å²) in [5, 5.41) is 19.6. The molecule has 1 aliphatic rings. The number of pyridine rings is 1. The standard InChI is InChI=1S/C19H19NO8/c1-10-5-13(21)18(19(25)20(10)8-16(22)23)12(7-17(24)26-2)11-3-4-14-15(6-11)28-9-27-14/h3-6,12,21H,7-9H2,1-2H3,(H,22,23)/t12-/m0/s1. The van der Waals surface area contributed by atoms with Crippen LogP contribution in [0.3, 0.4) is 0 Å². The maximum atomic E-state index is 13.0. The number of benzene rings is 1. The number of carbonyl (C=O) groups excluding carboxylic acids is 1. The maximum absolute atomic E-state index is 13.0. The van der Waals surface area contributed by atoms with E-state index in [2.05, 4.69) is 0 Å². The second-order valence-corrected chi connectivity index (χ2v) is 6.32. The summed E-state index contributed by atoms with van der Waals surface area (Å²) in [4.78, 5) is 36.1. The van der Waals surface area contributed by atoms with Crippen molar-refractivity contribution in [3.8, 4) is 17.2 Å². The van der Waals surface area contributed by atoms with Gasteiger partial charge in [-0.3, -0.25) is 14.4 Å². The van der Waals surface area contributed by atoms with E-state index in [1.54, 1.807) is 18.2 Å². The Morgan fingerprint density at radius 2 is 1.96 bits per heavy atom. The van der Waals surface area contributed by atoms with Gasteiger partial charge in [0.15, 0.2) is 11.5 Å². The van der Waals surface area contributed by atoms with Crippen LogP contribution in [-0.2, 0) is 20.9 Å². The number of carboxylic acid groups (broad SMARTS) is 1. The van der Waals surface area contributed by atoms with Crippen molar-refractivity contribution < 1.29 is 34.0 Å². The molecule has 1 aromatic carbocycles. The van der Waals surface area contributed by atoms with E-state index in [0.29, 0.717) is 17.1 Å². The average molecular weight is 389 g/mol. The Hall–Kier alpha value is -3.49. The quantitative estimate of drug-likeness (QED) is 0.710. The molecule has 9 heteroatoms. The summed E-state index contributed by atoms with van der Waals surface area (Å²) in [6.45, 7) is 1.01. The molecule has 3 rings (SSSR count). The van der Waals surface area contributed by atoms with Crippen LogP contribution in [-0.4, -0.2) is 40.6 Å². The zero-order valence-corrected chi connectivity index (χ0v) is 15.3. The third kappa shape index (κ3) is 3.64. The molecule has 1 aliphatic heterocycles. The normalized spacial score (nSPS) is 13.2. The second-order valence-electron chi connectivity index (χ2n) is 6.32. The number of carbonyl (C=O) groups is 2. The first-order valence-corrected chi connectivity index (χ1v) is 8.43. The molecule has 0 radical (unpaired) electrons. The highest BCUT2D eigenvalue weighted by molar-refractivity contribution is 5.72. The van der Waals surface area contributed by atoms with E-state index in [0.717, 1.165) is 4.57 Å². The maximum Gasteiger partial charge on any atom is 0.323 e. The molecule has 0 unspecified atom stereocenters. The van der Waals surface area contributed by atoms with Crippen LogP contribution in [0.1, 0.15) is 29.2 Å². The molecule has 0 saturated carbocycles. The monoisotopic (exact) mass is 389 g/mol. The molecule has 2 aromatic rings. The molecule has 0 spiro atoms. The van der Waals surface area contributed by atoms with Gasteiger partial charge in [0, 0.05) is 11.6 Å². The largest absolute Gasteiger partial charge is 0.507 e. The van der Waals surface area contributed by atoms with E-state index in [1.807, 2.05) is 0 Å². The van der Waals surface area contributed by atoms with Crippen LogP contribution in [0.2, 0.25) is 0 Å². The first-order chi connectivity index (χ1) is 13.3. The fourth-order valence-corrected chi connectivity index (χ4v) is 3.19. The van der Waals surface area contributed by atoms with Gasteiger partial charge < -0.3 is 29.0 Å². The topological polar surface area (TPSA) is 124 Å². The van der Waals surface area contributed by atoms with Gasteiger partial charge in [0.2, 0.25) is 6.79 Å². The van der Waals surface area contributed by atoms with Gasteiger partial charge in [0.25, 0.3) is 5.56 Å². The van der Waals surface area contributed by atoms with Crippen LogP contribution < -0.4 is 15.0 Å². The zero-order valence-electron chi connectivity index (χ0n) is 15.3. The summed E-state index contributed by atoms with van der Waals surface area (Å²) in [5.41, 5.74) is 0.0338. The summed E-state index contributed by atoms with van der Waals surface area (Å²) in [5.74, 6) is -2.01. The Morgan fingerprint density at radius 1 is 1.25 bits per heavy atom. The van der Waals surface area contributed by atoms with Gasteiger partial charge in [-0.2, -0.15) is 0 Å². The lowest BCUT2D eigenvalue weighted by Crippen LogP contribution is -2.30. The van der Waals surface area contributed by atoms with E-state index in [1.165, 1.54) is 20.1 Å². The molecule has 9 nitrogen and oxygen atoms in total. The molecule has 1 atom stereocenters. The number of fused-ring (bicyclic) bond motifs is 1. The molecular formula is C19H19NO8. The number of hydrogen-bond donors (Lipinski definition) is 2. The molecule has 2 N–H and O–H groups in total. The Morgan fingerprint density at radius 3 is 2.64 bits per heavy atom. The van der Waals surface area contributed by atoms with Gasteiger partial charge in [-0.1, -0.05) is 6.07 Å². The molecule has 148 valence electrons. The molecule has 0 bridgehead atoms. The number of aromatic hydroxyl groups is 1. The van der Waals surface area contributed by atoms with Crippen molar-refractivity contribution in [1.29, 1.82) is 0 Å². The SMILES string of the molecule is COC(=O)C[C@@H](c1ccc2c(c1)OCO2)c1c(O)cc(C)n(CC(=O)O)c1=O. The van der Waals surface area contributed by atoms with Gasteiger partial charge in [-0.05, 0) is 30.7 Å². The predicted molar refractivity (Wildman–Crippen MR) is 95.8 cm³/mol. The number of methoxy groups -OCH3 is 1. The first-order valence-electron chi connectivity index (χ1n) is 8.43. The summed E-state index contributed by atoms with van der Waals surface area (Å²) < 4.78 is 16.4. The number of carboxylic acids is 1. The van der Waals surface area contributed by atoms with Gasteiger partial charge >= 0.3 is 11.9 Å². The van der Waals surface area contributed by atoms with Crippen molar-refractivity contribution in [3.63, 3.8) is 0 Å². The van der Waals surface area contributed by atoms with E-state index in [9.17, 15) is 19.5 Å². The van der Waals surface area contributed by atoms with E-state index < -0.39 is 30.0 Å². The predicted octanol–water partition coefficient (Wildman–Crippen LogP) is 1.37. The van der Waals surface area contributed by atoms with Crippen molar-refractivity contribution in [2.24, 2.45) is 0 Å². The van der Waals surface area contributed by atoms with Crippen molar-refractivity contribution >= 4 is 11.9 Å². The Bertz CT molecular complexity index is 994. The average Bonchev–Trinajstić information content (AvgIpc) is 3.11. The first kappa shape index (κ1) is 19.3. The number of hydrogen-bond acceptors (Lipinski definition) is 7. The number of aliphatic carboxylic acids is 1. The lowest BCUT2D eigenvalue weighted by Gasteiger charge is -2.20. The molecule has 0 saturated heterocycles. The highest BCUT2D eigenvalue weighted by Gasteiger charge is 2.28. The second kappa shape index (κ2) is 7.63. The zero-order chi connectivity index (χ0) is 20.4. The van der Waals surface area contributed by atoms with Crippen LogP contribution >= 0.6 is 0 Å². The summed E-state index contributed by atoms with van der Waals surface area (Å²) in [7, 11) is 1.22. The smallest absolute Gasteiger partial charge is 0.323 e.